The number of methoxy groups -OCH3 is 1. The molecule has 0 radical (unpaired) electrons. The van der Waals surface area contributed by atoms with Crippen molar-refractivity contribution < 1.29 is 22.4 Å². The first-order chi connectivity index (χ1) is 11.4. The van der Waals surface area contributed by atoms with Gasteiger partial charge in [0, 0.05) is 35.7 Å². The number of pyridine rings is 1. The summed E-state index contributed by atoms with van der Waals surface area (Å²) in [6.45, 7) is 3.42. The monoisotopic (exact) mass is 372 g/mol. The molecule has 1 atom stereocenters. The standard InChI is InChI=1S/C15H20N2O5S2/c1-11-9-15(17-14-4-3-12(20-2)10-13(11)14)21-7-5-16-6-8-22-24(18,19)23/h3-4,9-10,16H,5-8H2,1-2H3,(H,18,19,23). The van der Waals surface area contributed by atoms with Crippen LogP contribution in [0.5, 0.6) is 11.6 Å². The van der Waals surface area contributed by atoms with Gasteiger partial charge in [-0.1, -0.05) is 0 Å². The normalized spacial score (nSPS) is 13.6. The number of hydrogen-bond acceptors (Lipinski definition) is 7. The third-order valence-electron chi connectivity index (χ3n) is 3.24. The zero-order valence-corrected chi connectivity index (χ0v) is 15.1. The Morgan fingerprint density at radius 1 is 1.29 bits per heavy atom. The smallest absolute Gasteiger partial charge is 0.266 e. The maximum Gasteiger partial charge on any atom is 0.266 e. The highest BCUT2D eigenvalue weighted by molar-refractivity contribution is 8.27. The fourth-order valence-corrected chi connectivity index (χ4v) is 2.61. The minimum atomic E-state index is -3.55. The third-order valence-corrected chi connectivity index (χ3v) is 3.99. The average molecular weight is 372 g/mol. The van der Waals surface area contributed by atoms with Gasteiger partial charge in [0.25, 0.3) is 9.05 Å². The second kappa shape index (κ2) is 8.54. The molecule has 0 fully saturated rings. The predicted octanol–water partition coefficient (Wildman–Crippen LogP) is 1.67. The van der Waals surface area contributed by atoms with Crippen LogP contribution in [0.1, 0.15) is 5.56 Å². The van der Waals surface area contributed by atoms with Gasteiger partial charge in [-0.3, -0.25) is 8.74 Å². The lowest BCUT2D eigenvalue weighted by Gasteiger charge is -2.10. The van der Waals surface area contributed by atoms with Gasteiger partial charge >= 0.3 is 0 Å². The first-order valence-corrected chi connectivity index (χ1v) is 9.66. The van der Waals surface area contributed by atoms with Gasteiger partial charge in [-0.05, 0) is 30.7 Å². The van der Waals surface area contributed by atoms with Gasteiger partial charge < -0.3 is 14.8 Å². The second-order valence-electron chi connectivity index (χ2n) is 5.01. The molecular formula is C15H20N2O5S2. The lowest BCUT2D eigenvalue weighted by Crippen LogP contribution is -2.25. The Morgan fingerprint density at radius 2 is 2.04 bits per heavy atom. The summed E-state index contributed by atoms with van der Waals surface area (Å²) in [5.74, 6) is 1.34. The van der Waals surface area contributed by atoms with Crippen molar-refractivity contribution in [3.8, 4) is 11.6 Å². The van der Waals surface area contributed by atoms with Crippen LogP contribution in [0.3, 0.4) is 0 Å². The summed E-state index contributed by atoms with van der Waals surface area (Å²) in [6.07, 6.45) is 0. The maximum absolute atomic E-state index is 10.7. The van der Waals surface area contributed by atoms with Crippen molar-refractivity contribution in [1.82, 2.24) is 10.3 Å². The molecule has 2 rings (SSSR count). The molecule has 2 aromatic rings. The molecule has 0 amide bonds. The molecule has 0 bridgehead atoms. The summed E-state index contributed by atoms with van der Waals surface area (Å²) in [7, 11) is -1.92. The highest BCUT2D eigenvalue weighted by atomic mass is 32.9. The first-order valence-electron chi connectivity index (χ1n) is 7.30. The van der Waals surface area contributed by atoms with Gasteiger partial charge in [-0.2, -0.15) is 4.21 Å². The zero-order valence-electron chi connectivity index (χ0n) is 13.5. The van der Waals surface area contributed by atoms with Crippen molar-refractivity contribution >= 4 is 31.1 Å². The lowest BCUT2D eigenvalue weighted by atomic mass is 10.1. The van der Waals surface area contributed by atoms with Gasteiger partial charge in [0.15, 0.2) is 0 Å². The summed E-state index contributed by atoms with van der Waals surface area (Å²) in [6, 6.07) is 7.58. The van der Waals surface area contributed by atoms with Crippen molar-refractivity contribution in [3.05, 3.63) is 29.8 Å². The van der Waals surface area contributed by atoms with Crippen molar-refractivity contribution in [2.24, 2.45) is 0 Å². The van der Waals surface area contributed by atoms with E-state index in [1.54, 1.807) is 7.11 Å². The van der Waals surface area contributed by atoms with Crippen LogP contribution in [-0.2, 0) is 24.4 Å². The van der Waals surface area contributed by atoms with Crippen molar-refractivity contribution in [3.63, 3.8) is 0 Å². The molecule has 24 heavy (non-hydrogen) atoms. The van der Waals surface area contributed by atoms with Gasteiger partial charge in [0.1, 0.15) is 12.4 Å². The summed E-state index contributed by atoms with van der Waals surface area (Å²) < 4.78 is 34.9. The molecule has 1 unspecified atom stereocenters. The Kier molecular flexibility index (Phi) is 6.69. The van der Waals surface area contributed by atoms with E-state index in [2.05, 4.69) is 25.7 Å². The molecule has 0 aliphatic rings. The van der Waals surface area contributed by atoms with Crippen LogP contribution in [0, 0.1) is 6.92 Å². The Labute approximate surface area is 146 Å². The van der Waals surface area contributed by atoms with E-state index >= 15 is 0 Å². The molecular weight excluding hydrogens is 352 g/mol. The van der Waals surface area contributed by atoms with Gasteiger partial charge in [-0.25, -0.2) is 4.98 Å². The Hall–Kier alpha value is -1.52. The first kappa shape index (κ1) is 18.8. The average Bonchev–Trinajstić information content (AvgIpc) is 2.52. The number of rotatable bonds is 9. The molecule has 0 aliphatic heterocycles. The number of aromatic nitrogens is 1. The minimum Gasteiger partial charge on any atom is -0.497 e. The second-order valence-corrected chi connectivity index (χ2v) is 7.36. The van der Waals surface area contributed by atoms with E-state index in [4.69, 9.17) is 14.0 Å². The number of aryl methyl sites for hydroxylation is 1. The quantitative estimate of drug-likeness (QED) is 0.643. The molecule has 1 heterocycles. The van der Waals surface area contributed by atoms with E-state index in [9.17, 15) is 4.21 Å². The van der Waals surface area contributed by atoms with Crippen LogP contribution >= 0.6 is 0 Å². The number of hydrogen-bond donors (Lipinski definition) is 2. The summed E-state index contributed by atoms with van der Waals surface area (Å²) >= 11 is 4.21. The summed E-state index contributed by atoms with van der Waals surface area (Å²) in [5.41, 5.74) is 1.90. The van der Waals surface area contributed by atoms with Crippen LogP contribution in [0.2, 0.25) is 0 Å². The fraction of sp³-hybridized carbons (Fsp3) is 0.400. The largest absolute Gasteiger partial charge is 0.497 e. The van der Waals surface area contributed by atoms with Crippen molar-refractivity contribution in [2.45, 2.75) is 6.92 Å². The van der Waals surface area contributed by atoms with E-state index in [0.717, 1.165) is 22.2 Å². The summed E-state index contributed by atoms with van der Waals surface area (Å²) in [5, 5.41) is 4.04. The molecule has 0 aliphatic carbocycles. The van der Waals surface area contributed by atoms with E-state index in [1.807, 2.05) is 31.2 Å². The zero-order chi connectivity index (χ0) is 17.6. The molecule has 1 aromatic carbocycles. The molecule has 2 N–H and O–H groups in total. The molecule has 132 valence electrons. The molecule has 0 saturated heterocycles. The van der Waals surface area contributed by atoms with Gasteiger partial charge in [0.05, 0.1) is 19.2 Å². The van der Waals surface area contributed by atoms with Crippen LogP contribution in [0.25, 0.3) is 10.9 Å². The highest BCUT2D eigenvalue weighted by Gasteiger charge is 2.05. The van der Waals surface area contributed by atoms with Crippen LogP contribution in [0.15, 0.2) is 24.3 Å². The lowest BCUT2D eigenvalue weighted by molar-refractivity contribution is 0.280. The van der Waals surface area contributed by atoms with E-state index in [-0.39, 0.29) is 6.61 Å². The SMILES string of the molecule is COc1ccc2nc(OCCNCCOS(=O)(O)=S)cc(C)c2c1. The van der Waals surface area contributed by atoms with E-state index in [1.165, 1.54) is 0 Å². The van der Waals surface area contributed by atoms with Crippen LogP contribution in [-0.4, -0.2) is 47.2 Å². The van der Waals surface area contributed by atoms with E-state index in [0.29, 0.717) is 25.6 Å². The van der Waals surface area contributed by atoms with Crippen molar-refractivity contribution in [1.29, 1.82) is 0 Å². The molecule has 0 saturated carbocycles. The number of ether oxygens (including phenoxy) is 2. The van der Waals surface area contributed by atoms with Crippen LogP contribution < -0.4 is 14.8 Å². The summed E-state index contributed by atoms with van der Waals surface area (Å²) in [4.78, 5) is 4.46. The highest BCUT2D eigenvalue weighted by Crippen LogP contribution is 2.25. The minimum absolute atomic E-state index is 0.0635. The fourth-order valence-electron chi connectivity index (χ4n) is 2.12. The van der Waals surface area contributed by atoms with Crippen molar-refractivity contribution in [2.75, 3.05) is 33.4 Å². The number of benzene rings is 1. The Balaban J connectivity index is 1.83. The maximum atomic E-state index is 10.7. The number of nitrogens with zero attached hydrogens (tertiary/aromatic N) is 1. The molecule has 1 aromatic heterocycles. The molecule has 9 heteroatoms. The Morgan fingerprint density at radius 3 is 2.75 bits per heavy atom. The van der Waals surface area contributed by atoms with Gasteiger partial charge in [0.2, 0.25) is 5.88 Å². The Bertz CT molecular complexity index is 796. The van der Waals surface area contributed by atoms with E-state index < -0.39 is 9.05 Å². The van der Waals surface area contributed by atoms with Gasteiger partial charge in [-0.15, -0.1) is 0 Å². The van der Waals surface area contributed by atoms with Crippen LogP contribution in [0.4, 0.5) is 0 Å². The third kappa shape index (κ3) is 5.84. The molecule has 0 spiro atoms. The molecule has 7 nitrogen and oxygen atoms in total. The number of fused-ring (bicyclic) bond motifs is 1. The topological polar surface area (TPSA) is 89.9 Å². The predicted molar refractivity (Wildman–Crippen MR) is 95.5 cm³/mol. The number of nitrogens with one attached hydrogen (secondary N) is 1.